The van der Waals surface area contributed by atoms with Gasteiger partial charge in [0.25, 0.3) is 0 Å². The standard InChI is InChI=1S/C20H21N7O/c1-12-17(9-24-27(12)3)26-19-22-5-4-16(25-19)13-6-14(8-21)18-15(7-13)20(2,11-28)10-23-18/h4-7,9,23,28H,10-11H2,1-3H3,(H,22,25,26). The molecule has 1 aliphatic heterocycles. The second-order valence-corrected chi connectivity index (χ2v) is 7.29. The molecule has 0 spiro atoms. The Kier molecular flexibility index (Phi) is 4.24. The van der Waals surface area contributed by atoms with Crippen molar-refractivity contribution >= 4 is 17.3 Å². The summed E-state index contributed by atoms with van der Waals surface area (Å²) in [7, 11) is 1.87. The zero-order valence-electron chi connectivity index (χ0n) is 16.0. The number of aliphatic hydroxyl groups is 1. The number of nitrogens with zero attached hydrogens (tertiary/aromatic N) is 5. The van der Waals surface area contributed by atoms with E-state index in [0.717, 1.165) is 28.2 Å². The van der Waals surface area contributed by atoms with Gasteiger partial charge < -0.3 is 15.7 Å². The van der Waals surface area contributed by atoms with Gasteiger partial charge in [-0.3, -0.25) is 4.68 Å². The third-order valence-electron chi connectivity index (χ3n) is 5.35. The first-order valence-electron chi connectivity index (χ1n) is 8.97. The lowest BCUT2D eigenvalue weighted by Crippen LogP contribution is -2.28. The van der Waals surface area contributed by atoms with Crippen LogP contribution in [0.3, 0.4) is 0 Å². The quantitative estimate of drug-likeness (QED) is 0.642. The van der Waals surface area contributed by atoms with Gasteiger partial charge in [-0.2, -0.15) is 10.4 Å². The highest BCUT2D eigenvalue weighted by atomic mass is 16.3. The summed E-state index contributed by atoms with van der Waals surface area (Å²) >= 11 is 0. The number of hydrogen-bond donors (Lipinski definition) is 3. The minimum absolute atomic E-state index is 0.00180. The van der Waals surface area contributed by atoms with Gasteiger partial charge in [0.2, 0.25) is 5.95 Å². The van der Waals surface area contributed by atoms with Gasteiger partial charge in [-0.05, 0) is 30.7 Å². The maximum Gasteiger partial charge on any atom is 0.227 e. The maximum absolute atomic E-state index is 9.87. The van der Waals surface area contributed by atoms with E-state index >= 15 is 0 Å². The first kappa shape index (κ1) is 17.9. The Morgan fingerprint density at radius 1 is 1.43 bits per heavy atom. The lowest BCUT2D eigenvalue weighted by molar-refractivity contribution is 0.219. The number of rotatable bonds is 4. The molecule has 0 fully saturated rings. The molecule has 3 heterocycles. The van der Waals surface area contributed by atoms with Crippen molar-refractivity contribution in [2.45, 2.75) is 19.3 Å². The number of benzene rings is 1. The fourth-order valence-electron chi connectivity index (χ4n) is 3.39. The summed E-state index contributed by atoms with van der Waals surface area (Å²) < 4.78 is 1.77. The second kappa shape index (κ2) is 6.62. The molecule has 0 aliphatic carbocycles. The van der Waals surface area contributed by atoms with Gasteiger partial charge in [0.15, 0.2) is 0 Å². The van der Waals surface area contributed by atoms with E-state index in [1.54, 1.807) is 17.1 Å². The first-order chi connectivity index (χ1) is 13.4. The number of aryl methyl sites for hydroxylation is 1. The van der Waals surface area contributed by atoms with Crippen LogP contribution in [0.4, 0.5) is 17.3 Å². The predicted octanol–water partition coefficient (Wildman–Crippen LogP) is 2.48. The topological polar surface area (TPSA) is 112 Å². The van der Waals surface area contributed by atoms with Crippen LogP contribution in [0.15, 0.2) is 30.6 Å². The Morgan fingerprint density at radius 3 is 2.93 bits per heavy atom. The van der Waals surface area contributed by atoms with E-state index in [9.17, 15) is 10.4 Å². The molecule has 3 N–H and O–H groups in total. The molecule has 0 amide bonds. The van der Waals surface area contributed by atoms with E-state index in [1.165, 1.54) is 0 Å². The Labute approximate surface area is 162 Å². The van der Waals surface area contributed by atoms with Crippen LogP contribution in [0.25, 0.3) is 11.3 Å². The lowest BCUT2D eigenvalue weighted by Gasteiger charge is -2.21. The summed E-state index contributed by atoms with van der Waals surface area (Å²) in [5.41, 5.74) is 5.16. The summed E-state index contributed by atoms with van der Waals surface area (Å²) in [5, 5.41) is 30.1. The van der Waals surface area contributed by atoms with Crippen LogP contribution < -0.4 is 10.6 Å². The van der Waals surface area contributed by atoms with Gasteiger partial charge in [0.1, 0.15) is 6.07 Å². The second-order valence-electron chi connectivity index (χ2n) is 7.29. The van der Waals surface area contributed by atoms with Gasteiger partial charge in [-0.1, -0.05) is 6.92 Å². The van der Waals surface area contributed by atoms with Crippen molar-refractivity contribution in [2.75, 3.05) is 23.8 Å². The Bertz CT molecular complexity index is 1100. The number of hydrogen-bond acceptors (Lipinski definition) is 7. The molecule has 0 saturated heterocycles. The van der Waals surface area contributed by atoms with Crippen LogP contribution in [0, 0.1) is 18.3 Å². The summed E-state index contributed by atoms with van der Waals surface area (Å²) in [4.78, 5) is 8.91. The highest BCUT2D eigenvalue weighted by Crippen LogP contribution is 2.41. The Balaban J connectivity index is 1.75. The smallest absolute Gasteiger partial charge is 0.227 e. The van der Waals surface area contributed by atoms with Crippen molar-refractivity contribution in [3.05, 3.63) is 47.4 Å². The molecule has 4 rings (SSSR count). The zero-order valence-corrected chi connectivity index (χ0v) is 16.0. The number of nitriles is 1. The molecule has 142 valence electrons. The van der Waals surface area contributed by atoms with Gasteiger partial charge in [0, 0.05) is 30.8 Å². The lowest BCUT2D eigenvalue weighted by atomic mass is 9.83. The molecule has 1 atom stereocenters. The molecule has 0 bridgehead atoms. The monoisotopic (exact) mass is 375 g/mol. The van der Waals surface area contributed by atoms with E-state index in [1.807, 2.05) is 39.1 Å². The van der Waals surface area contributed by atoms with E-state index in [0.29, 0.717) is 23.8 Å². The SMILES string of the molecule is Cc1c(Nc2nccc(-c3cc(C#N)c4c(c3)C(C)(CO)CN4)n2)cnn1C. The number of aromatic nitrogens is 4. The van der Waals surface area contributed by atoms with Gasteiger partial charge in [-0.25, -0.2) is 9.97 Å². The number of aliphatic hydroxyl groups excluding tert-OH is 1. The molecule has 0 radical (unpaired) electrons. The van der Waals surface area contributed by atoms with Crippen LogP contribution in [0.5, 0.6) is 0 Å². The minimum atomic E-state index is -0.433. The molecule has 1 aliphatic rings. The van der Waals surface area contributed by atoms with Crippen molar-refractivity contribution in [3.63, 3.8) is 0 Å². The number of nitrogens with one attached hydrogen (secondary N) is 2. The fourth-order valence-corrected chi connectivity index (χ4v) is 3.39. The number of anilines is 3. The highest BCUT2D eigenvalue weighted by Gasteiger charge is 2.35. The van der Waals surface area contributed by atoms with E-state index in [-0.39, 0.29) is 6.61 Å². The van der Waals surface area contributed by atoms with Crippen LogP contribution in [0.2, 0.25) is 0 Å². The van der Waals surface area contributed by atoms with Crippen LogP contribution in [-0.4, -0.2) is 38.0 Å². The average molecular weight is 375 g/mol. The molecular weight excluding hydrogens is 354 g/mol. The Morgan fingerprint density at radius 2 is 2.25 bits per heavy atom. The Hall–Kier alpha value is -3.44. The predicted molar refractivity (Wildman–Crippen MR) is 106 cm³/mol. The molecule has 8 nitrogen and oxygen atoms in total. The summed E-state index contributed by atoms with van der Waals surface area (Å²) in [6, 6.07) is 7.87. The molecular formula is C20H21N7O. The average Bonchev–Trinajstić information content (AvgIpc) is 3.22. The van der Waals surface area contributed by atoms with Gasteiger partial charge in [-0.15, -0.1) is 0 Å². The summed E-state index contributed by atoms with van der Waals surface area (Å²) in [6.07, 6.45) is 3.41. The van der Waals surface area contributed by atoms with Crippen LogP contribution in [0.1, 0.15) is 23.7 Å². The molecule has 1 aromatic carbocycles. The van der Waals surface area contributed by atoms with E-state index in [2.05, 4.69) is 31.8 Å². The third-order valence-corrected chi connectivity index (χ3v) is 5.35. The van der Waals surface area contributed by atoms with Crippen molar-refractivity contribution < 1.29 is 5.11 Å². The van der Waals surface area contributed by atoms with Crippen LogP contribution >= 0.6 is 0 Å². The van der Waals surface area contributed by atoms with Gasteiger partial charge in [0.05, 0.1) is 41.1 Å². The zero-order chi connectivity index (χ0) is 19.9. The largest absolute Gasteiger partial charge is 0.395 e. The normalized spacial score (nSPS) is 17.7. The molecule has 0 saturated carbocycles. The van der Waals surface area contributed by atoms with Gasteiger partial charge >= 0.3 is 0 Å². The molecule has 8 heteroatoms. The van der Waals surface area contributed by atoms with Crippen molar-refractivity contribution in [1.82, 2.24) is 19.7 Å². The van der Waals surface area contributed by atoms with Crippen molar-refractivity contribution in [2.24, 2.45) is 7.05 Å². The molecule has 28 heavy (non-hydrogen) atoms. The highest BCUT2D eigenvalue weighted by molar-refractivity contribution is 5.76. The molecule has 1 unspecified atom stereocenters. The van der Waals surface area contributed by atoms with E-state index in [4.69, 9.17) is 0 Å². The van der Waals surface area contributed by atoms with Crippen LogP contribution in [-0.2, 0) is 12.5 Å². The summed E-state index contributed by atoms with van der Waals surface area (Å²) in [6.45, 7) is 4.53. The molecule has 3 aromatic rings. The third kappa shape index (κ3) is 2.86. The number of fused-ring (bicyclic) bond motifs is 1. The molecule has 2 aromatic heterocycles. The summed E-state index contributed by atoms with van der Waals surface area (Å²) in [5.74, 6) is 0.454. The first-order valence-corrected chi connectivity index (χ1v) is 8.97. The van der Waals surface area contributed by atoms with Crippen molar-refractivity contribution in [3.8, 4) is 17.3 Å². The fraction of sp³-hybridized carbons (Fsp3) is 0.300. The van der Waals surface area contributed by atoms with E-state index < -0.39 is 5.41 Å². The van der Waals surface area contributed by atoms with Crippen molar-refractivity contribution in [1.29, 1.82) is 5.26 Å². The minimum Gasteiger partial charge on any atom is -0.395 e. The maximum atomic E-state index is 9.87.